The Kier molecular flexibility index (Phi) is 5.87. The first kappa shape index (κ1) is 16.7. The molecule has 1 aromatic carbocycles. The van der Waals surface area contributed by atoms with E-state index in [4.69, 9.17) is 4.74 Å². The zero-order valence-corrected chi connectivity index (χ0v) is 13.6. The molecule has 2 rings (SSSR count). The van der Waals surface area contributed by atoms with Gasteiger partial charge in [-0.05, 0) is 30.7 Å². The van der Waals surface area contributed by atoms with E-state index in [-0.39, 0.29) is 11.8 Å². The predicted octanol–water partition coefficient (Wildman–Crippen LogP) is 2.31. The molecule has 120 valence electrons. The Bertz CT molecular complexity index is 681. The lowest BCUT2D eigenvalue weighted by Gasteiger charge is -2.11. The van der Waals surface area contributed by atoms with Gasteiger partial charge >= 0.3 is 0 Å². The van der Waals surface area contributed by atoms with Gasteiger partial charge in [-0.2, -0.15) is 0 Å². The molecule has 0 saturated heterocycles. The minimum Gasteiger partial charge on any atom is -0.497 e. The molecule has 0 fully saturated rings. The summed E-state index contributed by atoms with van der Waals surface area (Å²) in [4.78, 5) is 27.7. The van der Waals surface area contributed by atoms with Crippen molar-refractivity contribution >= 4 is 34.4 Å². The summed E-state index contributed by atoms with van der Waals surface area (Å²) in [7, 11) is 1.59. The van der Waals surface area contributed by atoms with Crippen molar-refractivity contribution in [3.05, 3.63) is 47.5 Å². The van der Waals surface area contributed by atoms with Gasteiger partial charge in [0.25, 0.3) is 0 Å². The Hall–Kier alpha value is -2.67. The summed E-state index contributed by atoms with van der Waals surface area (Å²) in [5, 5.41) is 7.49. The Morgan fingerprint density at radius 2 is 2.04 bits per heavy atom. The number of amides is 2. The van der Waals surface area contributed by atoms with E-state index in [1.54, 1.807) is 31.7 Å². The molecule has 0 radical (unpaired) electrons. The number of thiazole rings is 1. The van der Waals surface area contributed by atoms with Gasteiger partial charge in [0.05, 0.1) is 7.11 Å². The van der Waals surface area contributed by atoms with E-state index in [0.717, 1.165) is 11.3 Å². The summed E-state index contributed by atoms with van der Waals surface area (Å²) in [5.41, 5.74) is 0.862. The molecule has 0 saturated carbocycles. The van der Waals surface area contributed by atoms with Crippen molar-refractivity contribution in [2.45, 2.75) is 13.0 Å². The molecule has 0 spiro atoms. The molecule has 2 aromatic rings. The zero-order chi connectivity index (χ0) is 16.7. The fourth-order valence-corrected chi connectivity index (χ4v) is 2.24. The molecule has 23 heavy (non-hydrogen) atoms. The standard InChI is InChI=1S/C16H17N3O3S/c1-11(15(21)19-16-17-9-10-23-16)18-14(20)8-5-12-3-6-13(22-2)7-4-12/h3-11H,1-2H3,(H,18,20)(H,17,19,21). The monoisotopic (exact) mass is 331 g/mol. The number of rotatable bonds is 6. The van der Waals surface area contributed by atoms with Crippen molar-refractivity contribution in [2.75, 3.05) is 12.4 Å². The van der Waals surface area contributed by atoms with Crippen LogP contribution in [0.25, 0.3) is 6.08 Å². The average molecular weight is 331 g/mol. The van der Waals surface area contributed by atoms with Crippen molar-refractivity contribution in [1.29, 1.82) is 0 Å². The maximum atomic E-state index is 11.9. The van der Waals surface area contributed by atoms with Gasteiger partial charge in [-0.1, -0.05) is 12.1 Å². The molecule has 6 nitrogen and oxygen atoms in total. The Morgan fingerprint density at radius 3 is 2.65 bits per heavy atom. The summed E-state index contributed by atoms with van der Waals surface area (Å²) >= 11 is 1.32. The number of aromatic nitrogens is 1. The number of nitrogens with zero attached hydrogens (tertiary/aromatic N) is 1. The average Bonchev–Trinajstić information content (AvgIpc) is 3.06. The van der Waals surface area contributed by atoms with Crippen molar-refractivity contribution in [3.63, 3.8) is 0 Å². The van der Waals surface area contributed by atoms with Crippen LogP contribution in [-0.2, 0) is 9.59 Å². The molecule has 0 aliphatic carbocycles. The number of hydrogen-bond acceptors (Lipinski definition) is 5. The molecule has 1 heterocycles. The van der Waals surface area contributed by atoms with Crippen molar-refractivity contribution in [3.8, 4) is 5.75 Å². The van der Waals surface area contributed by atoms with E-state index >= 15 is 0 Å². The summed E-state index contributed by atoms with van der Waals surface area (Å²) < 4.78 is 5.06. The van der Waals surface area contributed by atoms with E-state index in [0.29, 0.717) is 5.13 Å². The van der Waals surface area contributed by atoms with Gasteiger partial charge in [-0.3, -0.25) is 9.59 Å². The normalized spacial score (nSPS) is 11.9. The van der Waals surface area contributed by atoms with E-state index in [2.05, 4.69) is 15.6 Å². The van der Waals surface area contributed by atoms with E-state index < -0.39 is 6.04 Å². The van der Waals surface area contributed by atoms with Gasteiger partial charge in [0, 0.05) is 17.7 Å². The maximum Gasteiger partial charge on any atom is 0.248 e. The summed E-state index contributed by atoms with van der Waals surface area (Å²) in [6, 6.07) is 6.62. The first-order valence-corrected chi connectivity index (χ1v) is 7.79. The quantitative estimate of drug-likeness (QED) is 0.796. The lowest BCUT2D eigenvalue weighted by atomic mass is 10.2. The fourth-order valence-electron chi connectivity index (χ4n) is 1.71. The number of carbonyl (C=O) groups excluding carboxylic acids is 2. The summed E-state index contributed by atoms with van der Waals surface area (Å²) in [6.45, 7) is 1.61. The van der Waals surface area contributed by atoms with Gasteiger partial charge in [0.2, 0.25) is 11.8 Å². The highest BCUT2D eigenvalue weighted by atomic mass is 32.1. The van der Waals surface area contributed by atoms with Crippen LogP contribution in [0.4, 0.5) is 5.13 Å². The van der Waals surface area contributed by atoms with Crippen LogP contribution in [0.1, 0.15) is 12.5 Å². The van der Waals surface area contributed by atoms with Crippen LogP contribution in [0.2, 0.25) is 0 Å². The van der Waals surface area contributed by atoms with Gasteiger partial charge in [-0.25, -0.2) is 4.98 Å². The molecule has 0 aliphatic rings. The second kappa shape index (κ2) is 8.09. The van der Waals surface area contributed by atoms with Crippen LogP contribution < -0.4 is 15.4 Å². The molecular weight excluding hydrogens is 314 g/mol. The number of anilines is 1. The van der Waals surface area contributed by atoms with Crippen LogP contribution in [0.5, 0.6) is 5.75 Å². The van der Waals surface area contributed by atoms with E-state index in [9.17, 15) is 9.59 Å². The molecule has 2 N–H and O–H groups in total. The summed E-state index contributed by atoms with van der Waals surface area (Å²) in [5.74, 6) is 0.0906. The van der Waals surface area contributed by atoms with Gasteiger partial charge < -0.3 is 15.4 Å². The van der Waals surface area contributed by atoms with Gasteiger partial charge in [0.15, 0.2) is 5.13 Å². The molecule has 1 aromatic heterocycles. The smallest absolute Gasteiger partial charge is 0.248 e. The fraction of sp³-hybridized carbons (Fsp3) is 0.188. The van der Waals surface area contributed by atoms with Crippen LogP contribution in [0.15, 0.2) is 41.9 Å². The topological polar surface area (TPSA) is 80.3 Å². The predicted molar refractivity (Wildman–Crippen MR) is 90.4 cm³/mol. The third kappa shape index (κ3) is 5.23. The number of methoxy groups -OCH3 is 1. The second-order valence-electron chi connectivity index (χ2n) is 4.66. The Labute approximate surface area is 138 Å². The van der Waals surface area contributed by atoms with Crippen LogP contribution in [0.3, 0.4) is 0 Å². The van der Waals surface area contributed by atoms with Crippen LogP contribution >= 0.6 is 11.3 Å². The number of ether oxygens (including phenoxy) is 1. The minimum atomic E-state index is -0.660. The molecule has 2 amide bonds. The van der Waals surface area contributed by atoms with Crippen molar-refractivity contribution < 1.29 is 14.3 Å². The van der Waals surface area contributed by atoms with Crippen LogP contribution in [0, 0.1) is 0 Å². The molecule has 0 bridgehead atoms. The number of carbonyl (C=O) groups is 2. The second-order valence-corrected chi connectivity index (χ2v) is 5.56. The van der Waals surface area contributed by atoms with Gasteiger partial charge in [0.1, 0.15) is 11.8 Å². The zero-order valence-electron chi connectivity index (χ0n) is 12.8. The lowest BCUT2D eigenvalue weighted by Crippen LogP contribution is -2.40. The Balaban J connectivity index is 1.85. The van der Waals surface area contributed by atoms with E-state index in [1.165, 1.54) is 17.4 Å². The molecular formula is C16H17N3O3S. The van der Waals surface area contributed by atoms with Crippen molar-refractivity contribution in [2.24, 2.45) is 0 Å². The number of hydrogen-bond donors (Lipinski definition) is 2. The molecule has 1 unspecified atom stereocenters. The first-order chi connectivity index (χ1) is 11.1. The third-order valence-electron chi connectivity index (χ3n) is 2.96. The Morgan fingerprint density at radius 1 is 1.30 bits per heavy atom. The van der Waals surface area contributed by atoms with Crippen LogP contribution in [-0.4, -0.2) is 29.9 Å². The molecule has 1 atom stereocenters. The number of benzene rings is 1. The van der Waals surface area contributed by atoms with E-state index in [1.807, 2.05) is 24.3 Å². The third-order valence-corrected chi connectivity index (χ3v) is 3.65. The van der Waals surface area contributed by atoms with Gasteiger partial charge in [-0.15, -0.1) is 11.3 Å². The van der Waals surface area contributed by atoms with Crippen molar-refractivity contribution in [1.82, 2.24) is 10.3 Å². The SMILES string of the molecule is COc1ccc(C=CC(=O)NC(C)C(=O)Nc2nccs2)cc1. The number of nitrogens with one attached hydrogen (secondary N) is 2. The first-order valence-electron chi connectivity index (χ1n) is 6.91. The highest BCUT2D eigenvalue weighted by Crippen LogP contribution is 2.12. The molecule has 0 aliphatic heterocycles. The molecule has 7 heteroatoms. The largest absolute Gasteiger partial charge is 0.497 e. The maximum absolute atomic E-state index is 11.9. The highest BCUT2D eigenvalue weighted by molar-refractivity contribution is 7.13. The lowest BCUT2D eigenvalue weighted by molar-refractivity contribution is -0.123. The highest BCUT2D eigenvalue weighted by Gasteiger charge is 2.15. The summed E-state index contributed by atoms with van der Waals surface area (Å²) in [6.07, 6.45) is 4.65. The minimum absolute atomic E-state index is 0.314.